The number of aliphatic carboxylic acids is 1. The normalized spacial score (nSPS) is 23.1. The van der Waals surface area contributed by atoms with Crippen LogP contribution in [0.15, 0.2) is 56.9 Å². The molecule has 0 aliphatic carbocycles. The molecule has 4 N–H and O–H groups in total. The lowest BCUT2D eigenvalue weighted by molar-refractivity contribution is -0.137. The Morgan fingerprint density at radius 2 is 1.96 bits per heavy atom. The van der Waals surface area contributed by atoms with Crippen molar-refractivity contribution in [3.05, 3.63) is 41.8 Å². The number of fused-ring (bicyclic) bond motifs is 1. The van der Waals surface area contributed by atoms with Gasteiger partial charge in [0.05, 0.1) is 5.69 Å². The van der Waals surface area contributed by atoms with Crippen molar-refractivity contribution in [2.75, 3.05) is 5.73 Å². The van der Waals surface area contributed by atoms with Crippen LogP contribution < -0.4 is 5.73 Å². The molecule has 26 heavy (non-hydrogen) atoms. The number of anilines is 1. The van der Waals surface area contributed by atoms with Gasteiger partial charge in [0.2, 0.25) is 0 Å². The van der Waals surface area contributed by atoms with Crippen LogP contribution in [0.4, 0.5) is 11.4 Å². The zero-order valence-electron chi connectivity index (χ0n) is 13.5. The first-order chi connectivity index (χ1) is 12.1. The quantitative estimate of drug-likeness (QED) is 0.411. The van der Waals surface area contributed by atoms with Gasteiger partial charge in [0.25, 0.3) is 10.1 Å². The number of nitrogens with two attached hydrogens (primary N) is 1. The van der Waals surface area contributed by atoms with E-state index in [2.05, 4.69) is 10.2 Å². The summed E-state index contributed by atoms with van der Waals surface area (Å²) in [6.45, 7) is 1.60. The molecule has 2 unspecified atom stereocenters. The molecular formula is C16H15N3O5S2. The highest BCUT2D eigenvalue weighted by atomic mass is 32.2. The first-order valence-corrected chi connectivity index (χ1v) is 9.79. The molecule has 0 fully saturated rings. The second kappa shape index (κ2) is 6.38. The van der Waals surface area contributed by atoms with Gasteiger partial charge in [-0.25, -0.2) is 0 Å². The van der Waals surface area contributed by atoms with Crippen LogP contribution in [0, 0.1) is 0 Å². The smallest absolute Gasteiger partial charge is 0.319 e. The Balaban J connectivity index is 2.16. The van der Waals surface area contributed by atoms with E-state index in [9.17, 15) is 22.9 Å². The molecule has 0 radical (unpaired) electrons. The Bertz CT molecular complexity index is 1060. The van der Waals surface area contributed by atoms with Crippen LogP contribution in [0.25, 0.3) is 10.8 Å². The standard InChI is InChI=1S/C16H15N3O5S2/c1-16(6-7-25-14(16)15(20)21)19-18-11-8-12(26(22,23)24)9-4-2-3-5-10(9)13(11)17/h2-8,14H,17H2,1H3,(H,20,21)(H,22,23,24). The predicted octanol–water partition coefficient (Wildman–Crippen LogP) is 3.22. The fourth-order valence-electron chi connectivity index (χ4n) is 2.68. The number of hydrogen-bond donors (Lipinski definition) is 3. The summed E-state index contributed by atoms with van der Waals surface area (Å²) in [5, 5.41) is 18.8. The van der Waals surface area contributed by atoms with Crippen LogP contribution in [0.3, 0.4) is 0 Å². The van der Waals surface area contributed by atoms with E-state index < -0.39 is 26.9 Å². The summed E-state index contributed by atoms with van der Waals surface area (Å²) >= 11 is 1.11. The largest absolute Gasteiger partial charge is 0.480 e. The number of carbonyl (C=O) groups is 1. The van der Waals surface area contributed by atoms with Crippen molar-refractivity contribution in [3.8, 4) is 0 Å². The SMILES string of the molecule is CC1(N=Nc2cc(S(=O)(=O)O)c3ccccc3c2N)C=CSC1C(=O)O. The molecule has 8 nitrogen and oxygen atoms in total. The Morgan fingerprint density at radius 1 is 1.31 bits per heavy atom. The molecule has 2 aromatic rings. The van der Waals surface area contributed by atoms with Crippen LogP contribution >= 0.6 is 11.8 Å². The van der Waals surface area contributed by atoms with Gasteiger partial charge in [-0.15, -0.1) is 11.8 Å². The van der Waals surface area contributed by atoms with Crippen molar-refractivity contribution >= 4 is 50.0 Å². The molecule has 0 saturated heterocycles. The van der Waals surface area contributed by atoms with Gasteiger partial charge < -0.3 is 10.8 Å². The molecular weight excluding hydrogens is 378 g/mol. The summed E-state index contributed by atoms with van der Waals surface area (Å²) in [4.78, 5) is 11.0. The monoisotopic (exact) mass is 393 g/mol. The molecule has 1 aliphatic rings. The maximum Gasteiger partial charge on any atom is 0.319 e. The Kier molecular flexibility index (Phi) is 4.51. The lowest BCUT2D eigenvalue weighted by Crippen LogP contribution is -2.36. The third-order valence-electron chi connectivity index (χ3n) is 4.05. The van der Waals surface area contributed by atoms with Crippen molar-refractivity contribution in [2.24, 2.45) is 10.2 Å². The van der Waals surface area contributed by atoms with Crippen LogP contribution in [-0.2, 0) is 14.9 Å². The van der Waals surface area contributed by atoms with Gasteiger partial charge in [-0.1, -0.05) is 24.3 Å². The molecule has 10 heteroatoms. The van der Waals surface area contributed by atoms with Gasteiger partial charge in [-0.2, -0.15) is 18.6 Å². The van der Waals surface area contributed by atoms with E-state index in [4.69, 9.17) is 5.73 Å². The minimum absolute atomic E-state index is 0.0342. The fraction of sp³-hybridized carbons (Fsp3) is 0.188. The van der Waals surface area contributed by atoms with Gasteiger partial charge in [0, 0.05) is 10.8 Å². The van der Waals surface area contributed by atoms with Crippen molar-refractivity contribution in [3.63, 3.8) is 0 Å². The van der Waals surface area contributed by atoms with E-state index >= 15 is 0 Å². The summed E-state index contributed by atoms with van der Waals surface area (Å²) in [6.07, 6.45) is 1.61. The summed E-state index contributed by atoms with van der Waals surface area (Å²) in [7, 11) is -4.51. The number of azo groups is 1. The van der Waals surface area contributed by atoms with Crippen molar-refractivity contribution in [1.82, 2.24) is 0 Å². The number of nitrogens with zero attached hydrogens (tertiary/aromatic N) is 2. The maximum atomic E-state index is 11.7. The maximum absolute atomic E-state index is 11.7. The molecule has 0 bridgehead atoms. The van der Waals surface area contributed by atoms with Gasteiger partial charge in [0.1, 0.15) is 21.4 Å². The van der Waals surface area contributed by atoms with Crippen molar-refractivity contribution in [1.29, 1.82) is 0 Å². The summed E-state index contributed by atoms with van der Waals surface area (Å²) in [6, 6.07) is 7.54. The highest BCUT2D eigenvalue weighted by Crippen LogP contribution is 2.40. The van der Waals surface area contributed by atoms with E-state index in [-0.39, 0.29) is 21.7 Å². The molecule has 136 valence electrons. The topological polar surface area (TPSA) is 142 Å². The highest BCUT2D eigenvalue weighted by Gasteiger charge is 2.41. The molecule has 3 rings (SSSR count). The first kappa shape index (κ1) is 18.4. The predicted molar refractivity (Wildman–Crippen MR) is 99.3 cm³/mol. The Hall–Kier alpha value is -2.43. The van der Waals surface area contributed by atoms with Crippen LogP contribution in [0.1, 0.15) is 6.92 Å². The zero-order valence-corrected chi connectivity index (χ0v) is 15.2. The minimum atomic E-state index is -4.51. The average molecular weight is 393 g/mol. The number of carboxylic acid groups (broad SMARTS) is 1. The van der Waals surface area contributed by atoms with E-state index in [1.54, 1.807) is 36.6 Å². The number of hydrogen-bond acceptors (Lipinski definition) is 7. The minimum Gasteiger partial charge on any atom is -0.480 e. The van der Waals surface area contributed by atoms with E-state index in [0.717, 1.165) is 17.8 Å². The summed E-state index contributed by atoms with van der Waals surface area (Å²) < 4.78 is 33.0. The molecule has 0 spiro atoms. The number of rotatable bonds is 4. The van der Waals surface area contributed by atoms with Crippen LogP contribution in [-0.4, -0.2) is 34.8 Å². The number of nitrogen functional groups attached to an aromatic ring is 1. The van der Waals surface area contributed by atoms with Crippen LogP contribution in [0.2, 0.25) is 0 Å². The van der Waals surface area contributed by atoms with Gasteiger partial charge in [0.15, 0.2) is 0 Å². The molecule has 0 aromatic heterocycles. The molecule has 0 amide bonds. The molecule has 1 aliphatic heterocycles. The Labute approximate surface area is 153 Å². The summed E-state index contributed by atoms with van der Waals surface area (Å²) in [5.41, 5.74) is 5.20. The molecule has 0 saturated carbocycles. The average Bonchev–Trinajstić information content (AvgIpc) is 2.95. The Morgan fingerprint density at radius 3 is 2.58 bits per heavy atom. The molecule has 1 heterocycles. The van der Waals surface area contributed by atoms with Crippen molar-refractivity contribution in [2.45, 2.75) is 22.6 Å². The highest BCUT2D eigenvalue weighted by molar-refractivity contribution is 8.03. The fourth-order valence-corrected chi connectivity index (χ4v) is 4.43. The van der Waals surface area contributed by atoms with Gasteiger partial charge >= 0.3 is 5.97 Å². The van der Waals surface area contributed by atoms with E-state index in [1.807, 2.05) is 0 Å². The van der Waals surface area contributed by atoms with E-state index in [1.165, 1.54) is 6.07 Å². The number of thioether (sulfide) groups is 1. The lowest BCUT2D eigenvalue weighted by Gasteiger charge is -2.20. The number of benzene rings is 2. The van der Waals surface area contributed by atoms with E-state index in [0.29, 0.717) is 5.39 Å². The zero-order chi connectivity index (χ0) is 19.1. The second-order valence-electron chi connectivity index (χ2n) is 5.91. The summed E-state index contributed by atoms with van der Waals surface area (Å²) in [5.74, 6) is -1.04. The second-order valence-corrected chi connectivity index (χ2v) is 8.32. The molecule has 2 atom stereocenters. The third kappa shape index (κ3) is 3.18. The third-order valence-corrected chi connectivity index (χ3v) is 6.19. The van der Waals surface area contributed by atoms with Crippen LogP contribution in [0.5, 0.6) is 0 Å². The number of carboxylic acids is 1. The van der Waals surface area contributed by atoms with Gasteiger partial charge in [-0.05, 0) is 24.5 Å². The molecule has 2 aromatic carbocycles. The van der Waals surface area contributed by atoms with Crippen molar-refractivity contribution < 1.29 is 22.9 Å². The van der Waals surface area contributed by atoms with Gasteiger partial charge in [-0.3, -0.25) is 9.35 Å². The first-order valence-electron chi connectivity index (χ1n) is 7.41. The lowest BCUT2D eigenvalue weighted by atomic mass is 9.99.